The first kappa shape index (κ1) is 28.3. The lowest BCUT2D eigenvalue weighted by molar-refractivity contribution is -0.175. The van der Waals surface area contributed by atoms with Crippen LogP contribution in [0.3, 0.4) is 0 Å². The molecule has 2 rings (SSSR count). The quantitative estimate of drug-likeness (QED) is 0.270. The summed E-state index contributed by atoms with van der Waals surface area (Å²) in [6, 6.07) is 5.37. The number of hydrogen-bond acceptors (Lipinski definition) is 8. The van der Waals surface area contributed by atoms with E-state index in [9.17, 15) is 14.4 Å². The van der Waals surface area contributed by atoms with Gasteiger partial charge in [0.2, 0.25) is 11.4 Å². The molecule has 0 radical (unpaired) electrons. The first-order valence-corrected chi connectivity index (χ1v) is 12.3. The molecule has 1 aromatic heterocycles. The number of para-hydroxylation sites is 1. The average molecular weight is 490 g/mol. The molecular formula is C26H39N3O6. The fourth-order valence-corrected chi connectivity index (χ4v) is 4.06. The van der Waals surface area contributed by atoms with Gasteiger partial charge < -0.3 is 19.2 Å². The van der Waals surface area contributed by atoms with Crippen LogP contribution < -0.4 is 0 Å². The second kappa shape index (κ2) is 12.2. The molecule has 0 fully saturated rings. The fourth-order valence-electron chi connectivity index (χ4n) is 4.06. The molecule has 0 saturated carbocycles. The first-order valence-electron chi connectivity index (χ1n) is 12.3. The maximum absolute atomic E-state index is 13.5. The SMILES string of the molecule is CCCN(CCC)C(Cc1cccc2[nH]c(C(=O)OC(C)(C)C)nc12)(C(=O)OCC)C(=O)OCC. The number of rotatable bonds is 12. The van der Waals surface area contributed by atoms with Gasteiger partial charge in [0.15, 0.2) is 0 Å². The van der Waals surface area contributed by atoms with E-state index in [1.165, 1.54) is 0 Å². The predicted molar refractivity (Wildman–Crippen MR) is 133 cm³/mol. The Kier molecular flexibility index (Phi) is 9.82. The van der Waals surface area contributed by atoms with Crippen LogP contribution in [0.4, 0.5) is 0 Å². The van der Waals surface area contributed by atoms with Crippen LogP contribution >= 0.6 is 0 Å². The van der Waals surface area contributed by atoms with Crippen molar-refractivity contribution in [1.82, 2.24) is 14.9 Å². The number of imidazole rings is 1. The minimum absolute atomic E-state index is 0.0133. The molecule has 0 bridgehead atoms. The Morgan fingerprint density at radius 1 is 0.943 bits per heavy atom. The highest BCUT2D eigenvalue weighted by atomic mass is 16.6. The van der Waals surface area contributed by atoms with Crippen LogP contribution in [0.5, 0.6) is 0 Å². The lowest BCUT2D eigenvalue weighted by Gasteiger charge is -2.39. The number of aromatic amines is 1. The smallest absolute Gasteiger partial charge is 0.374 e. The van der Waals surface area contributed by atoms with E-state index in [0.717, 1.165) is 12.8 Å². The van der Waals surface area contributed by atoms with Gasteiger partial charge in [0.05, 0.1) is 24.2 Å². The Morgan fingerprint density at radius 2 is 1.51 bits per heavy atom. The molecule has 0 aliphatic heterocycles. The van der Waals surface area contributed by atoms with E-state index in [2.05, 4.69) is 9.97 Å². The van der Waals surface area contributed by atoms with Crippen LogP contribution in [-0.4, -0.2) is 70.2 Å². The van der Waals surface area contributed by atoms with Gasteiger partial charge >= 0.3 is 17.9 Å². The van der Waals surface area contributed by atoms with Crippen molar-refractivity contribution >= 4 is 28.9 Å². The highest BCUT2D eigenvalue weighted by Crippen LogP contribution is 2.30. The van der Waals surface area contributed by atoms with Gasteiger partial charge in [-0.25, -0.2) is 19.4 Å². The molecular weight excluding hydrogens is 450 g/mol. The van der Waals surface area contributed by atoms with E-state index in [1.54, 1.807) is 52.8 Å². The second-order valence-corrected chi connectivity index (χ2v) is 9.37. The molecule has 35 heavy (non-hydrogen) atoms. The number of esters is 3. The summed E-state index contributed by atoms with van der Waals surface area (Å²) < 4.78 is 16.3. The summed E-state index contributed by atoms with van der Waals surface area (Å²) in [5, 5.41) is 0. The van der Waals surface area contributed by atoms with Gasteiger partial charge in [-0.1, -0.05) is 26.0 Å². The zero-order chi connectivity index (χ0) is 26.2. The van der Waals surface area contributed by atoms with E-state index in [0.29, 0.717) is 29.7 Å². The standard InChI is InChI=1S/C26H39N3O6/c1-8-15-29(16-9-2)26(23(31)33-10-3,24(32)34-11-4)17-18-13-12-14-19-20(18)28-21(27-19)22(30)35-25(5,6)7/h12-14H,8-11,15-17H2,1-7H3,(H,27,28). The highest BCUT2D eigenvalue weighted by molar-refractivity contribution is 6.06. The fraction of sp³-hybridized carbons (Fsp3) is 0.615. The topological polar surface area (TPSA) is 111 Å². The Bertz CT molecular complexity index is 1000. The Labute approximate surface area is 207 Å². The zero-order valence-corrected chi connectivity index (χ0v) is 22.0. The number of nitrogens with zero attached hydrogens (tertiary/aromatic N) is 2. The average Bonchev–Trinajstić information content (AvgIpc) is 3.22. The second-order valence-electron chi connectivity index (χ2n) is 9.37. The molecule has 0 aliphatic rings. The van der Waals surface area contributed by atoms with Gasteiger partial charge in [0.1, 0.15) is 5.60 Å². The van der Waals surface area contributed by atoms with Crippen LogP contribution in [0.2, 0.25) is 0 Å². The van der Waals surface area contributed by atoms with Crippen molar-refractivity contribution < 1.29 is 28.6 Å². The zero-order valence-electron chi connectivity index (χ0n) is 22.0. The van der Waals surface area contributed by atoms with E-state index in [1.807, 2.05) is 18.7 Å². The van der Waals surface area contributed by atoms with Gasteiger partial charge in [-0.2, -0.15) is 0 Å². The summed E-state index contributed by atoms with van der Waals surface area (Å²) in [7, 11) is 0. The number of fused-ring (bicyclic) bond motifs is 1. The van der Waals surface area contributed by atoms with Gasteiger partial charge in [-0.3, -0.25) is 4.90 Å². The van der Waals surface area contributed by atoms with Gasteiger partial charge in [-0.05, 0) is 72.2 Å². The summed E-state index contributed by atoms with van der Waals surface area (Å²) in [5.41, 5.74) is -0.659. The van der Waals surface area contributed by atoms with Gasteiger partial charge in [0, 0.05) is 6.42 Å². The summed E-state index contributed by atoms with van der Waals surface area (Å²) in [4.78, 5) is 49.0. The molecule has 1 heterocycles. The molecule has 194 valence electrons. The molecule has 0 saturated heterocycles. The van der Waals surface area contributed by atoms with E-state index < -0.39 is 29.0 Å². The maximum atomic E-state index is 13.5. The number of ether oxygens (including phenoxy) is 3. The lowest BCUT2D eigenvalue weighted by Crippen LogP contribution is -2.63. The molecule has 1 N–H and O–H groups in total. The number of carbonyl (C=O) groups is 3. The number of benzene rings is 1. The highest BCUT2D eigenvalue weighted by Gasteiger charge is 2.53. The largest absolute Gasteiger partial charge is 0.464 e. The van der Waals surface area contributed by atoms with Crippen molar-refractivity contribution in [2.75, 3.05) is 26.3 Å². The molecule has 0 spiro atoms. The summed E-state index contributed by atoms with van der Waals surface area (Å²) >= 11 is 0. The van der Waals surface area contributed by atoms with Crippen molar-refractivity contribution in [1.29, 1.82) is 0 Å². The van der Waals surface area contributed by atoms with E-state index >= 15 is 0 Å². The summed E-state index contributed by atoms with van der Waals surface area (Å²) in [6.45, 7) is 14.0. The predicted octanol–water partition coefficient (Wildman–Crippen LogP) is 4.05. The maximum Gasteiger partial charge on any atom is 0.374 e. The number of H-pyrrole nitrogens is 1. The van der Waals surface area contributed by atoms with Crippen LogP contribution in [0, 0.1) is 0 Å². The van der Waals surface area contributed by atoms with Crippen LogP contribution in [0.25, 0.3) is 11.0 Å². The number of nitrogens with one attached hydrogen (secondary N) is 1. The minimum atomic E-state index is -1.68. The molecule has 0 aliphatic carbocycles. The number of hydrogen-bond donors (Lipinski definition) is 1. The third-order valence-electron chi connectivity index (χ3n) is 5.39. The third kappa shape index (κ3) is 6.60. The monoisotopic (exact) mass is 489 g/mol. The summed E-state index contributed by atoms with van der Waals surface area (Å²) in [5.74, 6) is -1.83. The van der Waals surface area contributed by atoms with Crippen LogP contribution in [-0.2, 0) is 30.2 Å². The van der Waals surface area contributed by atoms with Crippen LogP contribution in [0.1, 0.15) is 77.5 Å². The van der Waals surface area contributed by atoms with Crippen molar-refractivity contribution in [3.63, 3.8) is 0 Å². The molecule has 0 atom stereocenters. The van der Waals surface area contributed by atoms with Crippen LogP contribution in [0.15, 0.2) is 18.2 Å². The molecule has 0 amide bonds. The normalized spacial score (nSPS) is 12.1. The Balaban J connectivity index is 2.67. The van der Waals surface area contributed by atoms with Gasteiger partial charge in [-0.15, -0.1) is 0 Å². The molecule has 2 aromatic rings. The van der Waals surface area contributed by atoms with E-state index in [4.69, 9.17) is 14.2 Å². The summed E-state index contributed by atoms with van der Waals surface area (Å²) in [6.07, 6.45) is 1.45. The first-order chi connectivity index (χ1) is 16.5. The van der Waals surface area contributed by atoms with Crippen molar-refractivity contribution in [3.05, 3.63) is 29.6 Å². The molecule has 9 nitrogen and oxygen atoms in total. The minimum Gasteiger partial charge on any atom is -0.464 e. The molecule has 1 aromatic carbocycles. The van der Waals surface area contributed by atoms with Crippen molar-refractivity contribution in [2.24, 2.45) is 0 Å². The number of carbonyl (C=O) groups excluding carboxylic acids is 3. The van der Waals surface area contributed by atoms with Crippen molar-refractivity contribution in [3.8, 4) is 0 Å². The lowest BCUT2D eigenvalue weighted by atomic mass is 9.87. The van der Waals surface area contributed by atoms with Crippen molar-refractivity contribution in [2.45, 2.75) is 78.9 Å². The van der Waals surface area contributed by atoms with E-state index in [-0.39, 0.29) is 25.5 Å². The van der Waals surface area contributed by atoms with Gasteiger partial charge in [0.25, 0.3) is 0 Å². The Hall–Kier alpha value is -2.94. The third-order valence-corrected chi connectivity index (χ3v) is 5.39. The molecule has 9 heteroatoms. The molecule has 0 unspecified atom stereocenters. The number of aromatic nitrogens is 2. The Morgan fingerprint density at radius 3 is 2.00 bits per heavy atom.